The van der Waals surface area contributed by atoms with E-state index in [0.717, 1.165) is 29.6 Å². The van der Waals surface area contributed by atoms with Gasteiger partial charge >= 0.3 is 0 Å². The van der Waals surface area contributed by atoms with E-state index in [0.29, 0.717) is 18.0 Å². The smallest absolute Gasteiger partial charge is 0.252 e. The highest BCUT2D eigenvalue weighted by atomic mass is 16.5. The fraction of sp³-hybridized carbons (Fsp3) is 0.500. The molecular formula is C18H24N2O3. The maximum absolute atomic E-state index is 12.4. The van der Waals surface area contributed by atoms with E-state index in [2.05, 4.69) is 9.88 Å². The number of H-pyrrole nitrogens is 1. The molecule has 0 bridgehead atoms. The fourth-order valence-corrected chi connectivity index (χ4v) is 3.23. The van der Waals surface area contributed by atoms with Crippen LogP contribution in [0.1, 0.15) is 31.2 Å². The van der Waals surface area contributed by atoms with Crippen molar-refractivity contribution >= 4 is 10.9 Å². The van der Waals surface area contributed by atoms with Gasteiger partial charge in [-0.05, 0) is 38.1 Å². The van der Waals surface area contributed by atoms with Gasteiger partial charge in [-0.15, -0.1) is 0 Å². The molecule has 1 saturated heterocycles. The first-order chi connectivity index (χ1) is 11.2. The fourth-order valence-electron chi connectivity index (χ4n) is 3.23. The Bertz CT molecular complexity index is 731. The molecule has 0 spiro atoms. The van der Waals surface area contributed by atoms with Gasteiger partial charge in [-0.3, -0.25) is 9.69 Å². The van der Waals surface area contributed by atoms with Crippen molar-refractivity contribution in [3.8, 4) is 11.5 Å². The Labute approximate surface area is 136 Å². The number of nitrogens with one attached hydrogen (secondary N) is 1. The lowest BCUT2D eigenvalue weighted by atomic mass is 10.1. The van der Waals surface area contributed by atoms with Crippen LogP contribution in [0.2, 0.25) is 0 Å². The first-order valence-corrected chi connectivity index (χ1v) is 8.21. The van der Waals surface area contributed by atoms with Crippen molar-refractivity contribution in [1.29, 1.82) is 0 Å². The van der Waals surface area contributed by atoms with Gasteiger partial charge < -0.3 is 14.5 Å². The minimum atomic E-state index is -0.0195. The third-order valence-electron chi connectivity index (χ3n) is 4.52. The van der Waals surface area contributed by atoms with Crippen LogP contribution in [-0.2, 0) is 6.54 Å². The van der Waals surface area contributed by atoms with E-state index in [1.165, 1.54) is 25.7 Å². The van der Waals surface area contributed by atoms with E-state index in [4.69, 9.17) is 9.47 Å². The number of fused-ring (bicyclic) bond motifs is 1. The van der Waals surface area contributed by atoms with Gasteiger partial charge in [0.2, 0.25) is 0 Å². The van der Waals surface area contributed by atoms with E-state index in [1.807, 2.05) is 18.2 Å². The molecule has 2 heterocycles. The number of aromatic amines is 1. The first kappa shape index (κ1) is 15.9. The first-order valence-electron chi connectivity index (χ1n) is 8.21. The summed E-state index contributed by atoms with van der Waals surface area (Å²) in [6, 6.07) is 5.70. The molecule has 1 aromatic heterocycles. The minimum Gasteiger partial charge on any atom is -0.493 e. The number of likely N-dealkylation sites (tertiary alicyclic amines) is 1. The number of ether oxygens (including phenoxy) is 2. The maximum Gasteiger partial charge on any atom is 0.252 e. The predicted octanol–water partition coefficient (Wildman–Crippen LogP) is 2.92. The molecule has 0 saturated carbocycles. The number of aromatic nitrogens is 1. The Kier molecular flexibility index (Phi) is 4.86. The second-order valence-corrected chi connectivity index (χ2v) is 6.11. The van der Waals surface area contributed by atoms with Crippen molar-refractivity contribution in [1.82, 2.24) is 9.88 Å². The molecule has 3 rings (SSSR count). The van der Waals surface area contributed by atoms with Crippen molar-refractivity contribution in [3.63, 3.8) is 0 Å². The topological polar surface area (TPSA) is 54.6 Å². The highest BCUT2D eigenvalue weighted by Crippen LogP contribution is 2.31. The lowest BCUT2D eigenvalue weighted by molar-refractivity contribution is 0.276. The van der Waals surface area contributed by atoms with Crippen LogP contribution in [0.15, 0.2) is 23.0 Å². The highest BCUT2D eigenvalue weighted by molar-refractivity contribution is 5.83. The zero-order chi connectivity index (χ0) is 16.2. The molecule has 1 aliphatic heterocycles. The third kappa shape index (κ3) is 3.50. The molecule has 5 heteroatoms. The number of hydrogen-bond acceptors (Lipinski definition) is 4. The van der Waals surface area contributed by atoms with Crippen LogP contribution in [0.25, 0.3) is 10.9 Å². The number of hydrogen-bond donors (Lipinski definition) is 1. The van der Waals surface area contributed by atoms with Gasteiger partial charge in [-0.2, -0.15) is 0 Å². The molecule has 0 radical (unpaired) electrons. The molecule has 1 N–H and O–H groups in total. The molecule has 0 amide bonds. The summed E-state index contributed by atoms with van der Waals surface area (Å²) in [4.78, 5) is 17.7. The normalized spacial score (nSPS) is 16.3. The van der Waals surface area contributed by atoms with E-state index >= 15 is 0 Å². The van der Waals surface area contributed by atoms with Gasteiger partial charge in [0, 0.05) is 23.6 Å². The molecule has 0 atom stereocenters. The average Bonchev–Trinajstić information content (AvgIpc) is 2.83. The van der Waals surface area contributed by atoms with E-state index in [-0.39, 0.29) is 5.56 Å². The molecular weight excluding hydrogens is 292 g/mol. The van der Waals surface area contributed by atoms with Gasteiger partial charge in [0.25, 0.3) is 5.56 Å². The molecule has 2 aromatic rings. The van der Waals surface area contributed by atoms with Crippen molar-refractivity contribution in [2.75, 3.05) is 27.3 Å². The van der Waals surface area contributed by atoms with Gasteiger partial charge in [-0.25, -0.2) is 0 Å². The zero-order valence-corrected chi connectivity index (χ0v) is 13.9. The van der Waals surface area contributed by atoms with Crippen molar-refractivity contribution in [2.45, 2.75) is 32.2 Å². The molecule has 1 aromatic carbocycles. The number of pyridine rings is 1. The summed E-state index contributed by atoms with van der Waals surface area (Å²) in [7, 11) is 3.21. The number of methoxy groups -OCH3 is 2. The summed E-state index contributed by atoms with van der Waals surface area (Å²) in [6.07, 6.45) is 5.02. The Morgan fingerprint density at radius 2 is 1.65 bits per heavy atom. The van der Waals surface area contributed by atoms with Crippen LogP contribution in [0.4, 0.5) is 0 Å². The Hall–Kier alpha value is -2.01. The second-order valence-electron chi connectivity index (χ2n) is 6.11. The average molecular weight is 316 g/mol. The second kappa shape index (κ2) is 7.04. The molecule has 1 fully saturated rings. The minimum absolute atomic E-state index is 0.0195. The molecule has 23 heavy (non-hydrogen) atoms. The largest absolute Gasteiger partial charge is 0.493 e. The van der Waals surface area contributed by atoms with Crippen LogP contribution < -0.4 is 15.0 Å². The predicted molar refractivity (Wildman–Crippen MR) is 91.4 cm³/mol. The van der Waals surface area contributed by atoms with Crippen LogP contribution in [0, 0.1) is 0 Å². The lowest BCUT2D eigenvalue weighted by Crippen LogP contribution is -2.27. The summed E-state index contributed by atoms with van der Waals surface area (Å²) >= 11 is 0. The van der Waals surface area contributed by atoms with Crippen molar-refractivity contribution in [2.24, 2.45) is 0 Å². The van der Waals surface area contributed by atoms with E-state index < -0.39 is 0 Å². The standard InChI is InChI=1S/C18H24N2O3/c1-22-16-10-13-9-14(12-20-7-5-3-4-6-8-20)18(21)19-15(13)11-17(16)23-2/h9-11H,3-8,12H2,1-2H3,(H,19,21). The quantitative estimate of drug-likeness (QED) is 0.942. The van der Waals surface area contributed by atoms with E-state index in [9.17, 15) is 4.79 Å². The summed E-state index contributed by atoms with van der Waals surface area (Å²) in [5, 5.41) is 0.965. The van der Waals surface area contributed by atoms with Crippen LogP contribution in [0.3, 0.4) is 0 Å². The number of nitrogens with zero attached hydrogens (tertiary/aromatic N) is 1. The van der Waals surface area contributed by atoms with Crippen molar-refractivity contribution < 1.29 is 9.47 Å². The summed E-state index contributed by atoms with van der Waals surface area (Å²) < 4.78 is 10.6. The van der Waals surface area contributed by atoms with E-state index in [1.54, 1.807) is 14.2 Å². The van der Waals surface area contributed by atoms with Gasteiger partial charge in [0.1, 0.15) is 0 Å². The Morgan fingerprint density at radius 1 is 1.00 bits per heavy atom. The molecule has 0 unspecified atom stereocenters. The highest BCUT2D eigenvalue weighted by Gasteiger charge is 2.13. The summed E-state index contributed by atoms with van der Waals surface area (Å²) in [5.74, 6) is 1.30. The molecule has 124 valence electrons. The van der Waals surface area contributed by atoms with Crippen molar-refractivity contribution in [3.05, 3.63) is 34.1 Å². The van der Waals surface area contributed by atoms with Crippen LogP contribution >= 0.6 is 0 Å². The monoisotopic (exact) mass is 316 g/mol. The van der Waals surface area contributed by atoms with Crippen LogP contribution in [0.5, 0.6) is 11.5 Å². The van der Waals surface area contributed by atoms with Gasteiger partial charge in [0.15, 0.2) is 11.5 Å². The SMILES string of the molecule is COc1cc2cc(CN3CCCCCC3)c(=O)[nH]c2cc1OC. The van der Waals surface area contributed by atoms with Gasteiger partial charge in [-0.1, -0.05) is 12.8 Å². The number of benzene rings is 1. The maximum atomic E-state index is 12.4. The summed E-state index contributed by atoms with van der Waals surface area (Å²) in [5.41, 5.74) is 1.56. The zero-order valence-electron chi connectivity index (χ0n) is 13.9. The third-order valence-corrected chi connectivity index (χ3v) is 4.52. The Morgan fingerprint density at radius 3 is 2.30 bits per heavy atom. The van der Waals surface area contributed by atoms with Gasteiger partial charge in [0.05, 0.1) is 19.7 Å². The summed E-state index contributed by atoms with van der Waals surface area (Å²) in [6.45, 7) is 2.85. The van der Waals surface area contributed by atoms with Crippen LogP contribution in [-0.4, -0.2) is 37.2 Å². The molecule has 0 aliphatic carbocycles. The molecule has 1 aliphatic rings. The number of rotatable bonds is 4. The Balaban J connectivity index is 1.94. The lowest BCUT2D eigenvalue weighted by Gasteiger charge is -2.19. The molecule has 5 nitrogen and oxygen atoms in total.